The first-order valence-corrected chi connectivity index (χ1v) is 8.52. The van der Waals surface area contributed by atoms with Gasteiger partial charge in [0.05, 0.1) is 36.7 Å². The summed E-state index contributed by atoms with van der Waals surface area (Å²) in [7, 11) is 2.89. The van der Waals surface area contributed by atoms with E-state index in [1.165, 1.54) is 19.2 Å². The molecule has 6 nitrogen and oxygen atoms in total. The molecule has 0 radical (unpaired) electrons. The van der Waals surface area contributed by atoms with Gasteiger partial charge in [-0.3, -0.25) is 0 Å². The Balaban J connectivity index is 1.80. The van der Waals surface area contributed by atoms with Gasteiger partial charge in [-0.1, -0.05) is 24.3 Å². The molecule has 0 saturated carbocycles. The molecule has 6 heteroatoms. The first-order valence-electron chi connectivity index (χ1n) is 8.52. The lowest BCUT2D eigenvalue weighted by Gasteiger charge is -2.14. The van der Waals surface area contributed by atoms with Gasteiger partial charge in [-0.25, -0.2) is 9.59 Å². The first-order chi connectivity index (χ1) is 13.6. The molecule has 0 amide bonds. The Kier molecular flexibility index (Phi) is 5.91. The molecule has 0 aliphatic carbocycles. The second kappa shape index (κ2) is 8.73. The summed E-state index contributed by atoms with van der Waals surface area (Å²) in [5, 5.41) is 3.20. The Hall–Kier alpha value is -3.80. The molecule has 0 aliphatic rings. The van der Waals surface area contributed by atoms with Crippen LogP contribution in [0.25, 0.3) is 0 Å². The van der Waals surface area contributed by atoms with Crippen LogP contribution in [0.4, 0.5) is 11.4 Å². The summed E-state index contributed by atoms with van der Waals surface area (Å²) in [6.07, 6.45) is 0. The molecular weight excluding hydrogens is 358 g/mol. The highest BCUT2D eigenvalue weighted by Crippen LogP contribution is 2.29. The number of para-hydroxylation sites is 3. The van der Waals surface area contributed by atoms with Gasteiger partial charge >= 0.3 is 11.9 Å². The highest BCUT2D eigenvalue weighted by Gasteiger charge is 2.15. The van der Waals surface area contributed by atoms with Gasteiger partial charge in [0.25, 0.3) is 0 Å². The van der Waals surface area contributed by atoms with Crippen molar-refractivity contribution in [2.75, 3.05) is 19.5 Å². The van der Waals surface area contributed by atoms with E-state index >= 15 is 0 Å². The molecule has 3 aromatic rings. The summed E-state index contributed by atoms with van der Waals surface area (Å²) in [5.74, 6) is 0.00173. The normalized spacial score (nSPS) is 10.1. The van der Waals surface area contributed by atoms with Crippen LogP contribution in [0, 0.1) is 0 Å². The minimum Gasteiger partial charge on any atom is -0.495 e. The fraction of sp³-hybridized carbons (Fsp3) is 0.0909. The predicted molar refractivity (Wildman–Crippen MR) is 105 cm³/mol. The van der Waals surface area contributed by atoms with Gasteiger partial charge in [0, 0.05) is 0 Å². The fourth-order valence-corrected chi connectivity index (χ4v) is 2.60. The number of nitrogens with one attached hydrogen (secondary N) is 1. The number of anilines is 2. The maximum atomic E-state index is 12.7. The molecular formula is C22H19NO5. The van der Waals surface area contributed by atoms with Crippen LogP contribution in [0.5, 0.6) is 11.5 Å². The van der Waals surface area contributed by atoms with Crippen molar-refractivity contribution in [3.05, 3.63) is 83.9 Å². The SMILES string of the molecule is COC(=O)c1ccc(OC(=O)c2ccccc2Nc2ccccc2OC)cc1. The average Bonchev–Trinajstić information content (AvgIpc) is 2.74. The van der Waals surface area contributed by atoms with Gasteiger partial charge in [-0.2, -0.15) is 0 Å². The predicted octanol–water partition coefficient (Wildman–Crippen LogP) is 4.44. The Labute approximate surface area is 162 Å². The van der Waals surface area contributed by atoms with Crippen molar-refractivity contribution in [2.45, 2.75) is 0 Å². The second-order valence-electron chi connectivity index (χ2n) is 5.78. The molecule has 0 fully saturated rings. The smallest absolute Gasteiger partial charge is 0.345 e. The lowest BCUT2D eigenvalue weighted by molar-refractivity contribution is 0.0600. The monoisotopic (exact) mass is 377 g/mol. The minimum absolute atomic E-state index is 0.324. The van der Waals surface area contributed by atoms with Crippen LogP contribution in [0.1, 0.15) is 20.7 Å². The van der Waals surface area contributed by atoms with E-state index in [1.54, 1.807) is 37.4 Å². The molecule has 3 rings (SSSR count). The van der Waals surface area contributed by atoms with Crippen LogP contribution in [0.15, 0.2) is 72.8 Å². The topological polar surface area (TPSA) is 73.9 Å². The third-order valence-electron chi connectivity index (χ3n) is 4.01. The third-order valence-corrected chi connectivity index (χ3v) is 4.01. The quantitative estimate of drug-likeness (QED) is 0.506. The van der Waals surface area contributed by atoms with Crippen molar-refractivity contribution < 1.29 is 23.8 Å². The fourth-order valence-electron chi connectivity index (χ4n) is 2.60. The highest BCUT2D eigenvalue weighted by molar-refractivity contribution is 5.98. The van der Waals surface area contributed by atoms with Gasteiger partial charge < -0.3 is 19.5 Å². The molecule has 0 aromatic heterocycles. The molecule has 0 saturated heterocycles. The summed E-state index contributed by atoms with van der Waals surface area (Å²) in [4.78, 5) is 24.2. The Bertz CT molecular complexity index is 982. The van der Waals surface area contributed by atoms with E-state index in [1.807, 2.05) is 30.3 Å². The number of rotatable bonds is 6. The number of methoxy groups -OCH3 is 2. The number of hydrogen-bond acceptors (Lipinski definition) is 6. The lowest BCUT2D eigenvalue weighted by atomic mass is 10.1. The molecule has 0 unspecified atom stereocenters. The Morgan fingerprint density at radius 1 is 0.750 bits per heavy atom. The number of hydrogen-bond donors (Lipinski definition) is 1. The van der Waals surface area contributed by atoms with E-state index < -0.39 is 11.9 Å². The summed E-state index contributed by atoms with van der Waals surface area (Å²) < 4.78 is 15.4. The van der Waals surface area contributed by atoms with E-state index in [0.29, 0.717) is 28.3 Å². The van der Waals surface area contributed by atoms with Crippen molar-refractivity contribution in [1.29, 1.82) is 0 Å². The van der Waals surface area contributed by atoms with Crippen LogP contribution in [-0.4, -0.2) is 26.2 Å². The average molecular weight is 377 g/mol. The third kappa shape index (κ3) is 4.29. The number of ether oxygens (including phenoxy) is 3. The van der Waals surface area contributed by atoms with Crippen LogP contribution in [0.3, 0.4) is 0 Å². The zero-order valence-corrected chi connectivity index (χ0v) is 15.5. The lowest BCUT2D eigenvalue weighted by Crippen LogP contribution is -2.11. The number of carbonyl (C=O) groups excluding carboxylic acids is 2. The minimum atomic E-state index is -0.524. The molecule has 0 aliphatic heterocycles. The van der Waals surface area contributed by atoms with Crippen molar-refractivity contribution in [3.8, 4) is 11.5 Å². The molecule has 1 N–H and O–H groups in total. The largest absolute Gasteiger partial charge is 0.495 e. The van der Waals surface area contributed by atoms with Crippen LogP contribution in [0.2, 0.25) is 0 Å². The van der Waals surface area contributed by atoms with Crippen molar-refractivity contribution in [3.63, 3.8) is 0 Å². The molecule has 28 heavy (non-hydrogen) atoms. The highest BCUT2D eigenvalue weighted by atomic mass is 16.5. The van der Waals surface area contributed by atoms with E-state index in [4.69, 9.17) is 9.47 Å². The maximum Gasteiger partial charge on any atom is 0.345 e. The summed E-state index contributed by atoms with van der Waals surface area (Å²) in [5.41, 5.74) is 2.06. The van der Waals surface area contributed by atoms with Crippen LogP contribution >= 0.6 is 0 Å². The van der Waals surface area contributed by atoms with Crippen molar-refractivity contribution in [1.82, 2.24) is 0 Å². The van der Waals surface area contributed by atoms with Gasteiger partial charge in [0.15, 0.2) is 0 Å². The van der Waals surface area contributed by atoms with E-state index in [9.17, 15) is 9.59 Å². The van der Waals surface area contributed by atoms with Gasteiger partial charge in [0.1, 0.15) is 11.5 Å². The number of esters is 2. The molecule has 0 bridgehead atoms. The first kappa shape index (κ1) is 19.0. The molecule has 0 spiro atoms. The summed E-state index contributed by atoms with van der Waals surface area (Å²) in [6.45, 7) is 0. The zero-order chi connectivity index (χ0) is 19.9. The summed E-state index contributed by atoms with van der Waals surface area (Å²) in [6, 6.07) is 20.6. The summed E-state index contributed by atoms with van der Waals surface area (Å²) >= 11 is 0. The maximum absolute atomic E-state index is 12.7. The van der Waals surface area contributed by atoms with Gasteiger partial charge in [-0.15, -0.1) is 0 Å². The molecule has 3 aromatic carbocycles. The van der Waals surface area contributed by atoms with Crippen LogP contribution < -0.4 is 14.8 Å². The molecule has 142 valence electrons. The zero-order valence-electron chi connectivity index (χ0n) is 15.5. The van der Waals surface area contributed by atoms with Crippen molar-refractivity contribution in [2.24, 2.45) is 0 Å². The van der Waals surface area contributed by atoms with E-state index in [0.717, 1.165) is 5.69 Å². The van der Waals surface area contributed by atoms with Gasteiger partial charge in [0.2, 0.25) is 0 Å². The Morgan fingerprint density at radius 2 is 1.39 bits per heavy atom. The second-order valence-corrected chi connectivity index (χ2v) is 5.78. The van der Waals surface area contributed by atoms with E-state index in [2.05, 4.69) is 10.1 Å². The van der Waals surface area contributed by atoms with Gasteiger partial charge in [-0.05, 0) is 48.5 Å². The number of benzene rings is 3. The van der Waals surface area contributed by atoms with E-state index in [-0.39, 0.29) is 0 Å². The number of carbonyl (C=O) groups is 2. The van der Waals surface area contributed by atoms with Crippen molar-refractivity contribution >= 4 is 23.3 Å². The van der Waals surface area contributed by atoms with Crippen LogP contribution in [-0.2, 0) is 4.74 Å². The molecule has 0 atom stereocenters. The molecule has 0 heterocycles. The Morgan fingerprint density at radius 3 is 2.07 bits per heavy atom. The standard InChI is InChI=1S/C22H19NO5/c1-26-20-10-6-5-9-19(20)23-18-8-4-3-7-17(18)22(25)28-16-13-11-15(12-14-16)21(24)27-2/h3-14,23H,1-2H3.